The number of benzene rings is 2. The molecule has 0 fully saturated rings. The van der Waals surface area contributed by atoms with Crippen LogP contribution < -0.4 is 4.74 Å². The van der Waals surface area contributed by atoms with Crippen LogP contribution in [0.1, 0.15) is 11.1 Å². The van der Waals surface area contributed by atoms with Crippen molar-refractivity contribution in [3.05, 3.63) is 69.2 Å². The lowest BCUT2D eigenvalue weighted by Crippen LogP contribution is -1.97. The minimum atomic E-state index is -0.0152. The molecule has 0 aliphatic heterocycles. The predicted molar refractivity (Wildman–Crippen MR) is 86.4 cm³/mol. The Balaban J connectivity index is 2.24. The first-order valence-corrected chi connectivity index (χ1v) is 7.06. The van der Waals surface area contributed by atoms with E-state index >= 15 is 0 Å². The van der Waals surface area contributed by atoms with Crippen molar-refractivity contribution in [3.8, 4) is 17.9 Å². The Hall–Kier alpha value is -2.46. The highest BCUT2D eigenvalue weighted by Crippen LogP contribution is 2.26. The number of nitrogens with zero attached hydrogens (tertiary/aromatic N) is 2. The van der Waals surface area contributed by atoms with E-state index in [-0.39, 0.29) is 5.57 Å². The quantitative estimate of drug-likeness (QED) is 0.742. The summed E-state index contributed by atoms with van der Waals surface area (Å²) in [5, 5.41) is 18.9. The smallest absolute Gasteiger partial charge is 0.130 e. The Bertz CT molecular complexity index is 768. The number of ether oxygens (including phenoxy) is 1. The molecule has 2 aromatic rings. The van der Waals surface area contributed by atoms with Crippen molar-refractivity contribution in [2.24, 2.45) is 0 Å². The minimum absolute atomic E-state index is 0.0152. The number of hydrogen-bond acceptors (Lipinski definition) is 3. The molecule has 22 heavy (non-hydrogen) atoms. The average Bonchev–Trinajstić information content (AvgIpc) is 2.53. The fourth-order valence-corrected chi connectivity index (χ4v) is 2.06. The van der Waals surface area contributed by atoms with Gasteiger partial charge >= 0.3 is 0 Å². The third-order valence-electron chi connectivity index (χ3n) is 2.82. The molecular formula is C17H10Cl2N2O. The van der Waals surface area contributed by atoms with Gasteiger partial charge in [0, 0.05) is 15.6 Å². The molecule has 0 heterocycles. The number of hydrogen-bond donors (Lipinski definition) is 0. The molecule has 0 aliphatic carbocycles. The van der Waals surface area contributed by atoms with Crippen LogP contribution in [-0.2, 0) is 6.61 Å². The van der Waals surface area contributed by atoms with Gasteiger partial charge in [-0.3, -0.25) is 0 Å². The van der Waals surface area contributed by atoms with Crippen LogP contribution in [0.4, 0.5) is 0 Å². The van der Waals surface area contributed by atoms with Gasteiger partial charge in [0.05, 0.1) is 0 Å². The molecule has 0 aromatic heterocycles. The highest BCUT2D eigenvalue weighted by Gasteiger charge is 2.05. The van der Waals surface area contributed by atoms with E-state index in [1.807, 2.05) is 24.3 Å². The molecule has 2 aromatic carbocycles. The van der Waals surface area contributed by atoms with Gasteiger partial charge in [-0.15, -0.1) is 0 Å². The first-order chi connectivity index (χ1) is 10.6. The van der Waals surface area contributed by atoms with Crippen LogP contribution in [0, 0.1) is 22.7 Å². The highest BCUT2D eigenvalue weighted by molar-refractivity contribution is 6.31. The van der Waals surface area contributed by atoms with Crippen molar-refractivity contribution in [3.63, 3.8) is 0 Å². The molecule has 2 rings (SSSR count). The summed E-state index contributed by atoms with van der Waals surface area (Å²) in [5.74, 6) is 0.544. The Labute approximate surface area is 138 Å². The second kappa shape index (κ2) is 7.52. The van der Waals surface area contributed by atoms with Gasteiger partial charge in [0.25, 0.3) is 0 Å². The van der Waals surface area contributed by atoms with Crippen molar-refractivity contribution in [1.29, 1.82) is 10.5 Å². The summed E-state index contributed by atoms with van der Waals surface area (Å²) >= 11 is 11.8. The summed E-state index contributed by atoms with van der Waals surface area (Å²) in [7, 11) is 0. The molecule has 0 unspecified atom stereocenters. The second-order valence-corrected chi connectivity index (χ2v) is 5.25. The van der Waals surface area contributed by atoms with Crippen LogP contribution in [0.5, 0.6) is 5.75 Å². The topological polar surface area (TPSA) is 56.8 Å². The largest absolute Gasteiger partial charge is 0.488 e. The zero-order valence-corrected chi connectivity index (χ0v) is 12.9. The molecule has 0 saturated carbocycles. The minimum Gasteiger partial charge on any atom is -0.488 e. The van der Waals surface area contributed by atoms with Crippen molar-refractivity contribution in [2.75, 3.05) is 0 Å². The maximum absolute atomic E-state index is 8.85. The average molecular weight is 329 g/mol. The molecule has 5 heteroatoms. The molecule has 0 saturated heterocycles. The van der Waals surface area contributed by atoms with Gasteiger partial charge in [0.2, 0.25) is 0 Å². The van der Waals surface area contributed by atoms with E-state index in [0.717, 1.165) is 5.56 Å². The summed E-state index contributed by atoms with van der Waals surface area (Å²) < 4.78 is 5.74. The molecule has 0 aliphatic rings. The standard InChI is InChI=1S/C17H10Cl2N2O/c18-15-3-1-12(2-4-15)11-22-17-6-5-16(19)8-14(17)7-13(9-20)10-21/h1-8H,11H2. The van der Waals surface area contributed by atoms with E-state index < -0.39 is 0 Å². The summed E-state index contributed by atoms with van der Waals surface area (Å²) in [4.78, 5) is 0. The van der Waals surface area contributed by atoms with Gasteiger partial charge in [0.1, 0.15) is 30.1 Å². The van der Waals surface area contributed by atoms with Gasteiger partial charge in [-0.25, -0.2) is 0 Å². The molecule has 0 radical (unpaired) electrons. The Morgan fingerprint density at radius 3 is 2.27 bits per heavy atom. The molecule has 3 nitrogen and oxygen atoms in total. The van der Waals surface area contributed by atoms with Gasteiger partial charge in [-0.1, -0.05) is 35.3 Å². The SMILES string of the molecule is N#CC(C#N)=Cc1cc(Cl)ccc1OCc1ccc(Cl)cc1. The fourth-order valence-electron chi connectivity index (χ4n) is 1.75. The Morgan fingerprint density at radius 2 is 1.64 bits per heavy atom. The van der Waals surface area contributed by atoms with Crippen LogP contribution in [0.25, 0.3) is 6.08 Å². The summed E-state index contributed by atoms with van der Waals surface area (Å²) in [6.45, 7) is 0.341. The Morgan fingerprint density at radius 1 is 1.00 bits per heavy atom. The third-order valence-corrected chi connectivity index (χ3v) is 3.31. The van der Waals surface area contributed by atoms with E-state index in [1.165, 1.54) is 6.08 Å². The lowest BCUT2D eigenvalue weighted by atomic mass is 10.1. The highest BCUT2D eigenvalue weighted by atomic mass is 35.5. The third kappa shape index (κ3) is 4.27. The fraction of sp³-hybridized carbons (Fsp3) is 0.0588. The van der Waals surface area contributed by atoms with Gasteiger partial charge in [-0.2, -0.15) is 10.5 Å². The maximum atomic E-state index is 8.85. The molecule has 0 N–H and O–H groups in total. The predicted octanol–water partition coefficient (Wildman–Crippen LogP) is 5.00. The summed E-state index contributed by atoms with van der Waals surface area (Å²) in [5.41, 5.74) is 1.52. The van der Waals surface area contributed by atoms with Crippen LogP contribution >= 0.6 is 23.2 Å². The van der Waals surface area contributed by atoms with Crippen LogP contribution in [0.3, 0.4) is 0 Å². The lowest BCUT2D eigenvalue weighted by molar-refractivity contribution is 0.305. The maximum Gasteiger partial charge on any atom is 0.130 e. The normalized spacial score (nSPS) is 9.45. The number of halogens is 2. The van der Waals surface area contributed by atoms with E-state index in [2.05, 4.69) is 0 Å². The summed E-state index contributed by atoms with van der Waals surface area (Å²) in [6, 6.07) is 16.0. The first kappa shape index (κ1) is 15.9. The molecular weight excluding hydrogens is 319 g/mol. The Kier molecular flexibility index (Phi) is 5.44. The van der Waals surface area contributed by atoms with E-state index in [1.54, 1.807) is 30.3 Å². The number of allylic oxidation sites excluding steroid dienone is 1. The van der Waals surface area contributed by atoms with Crippen LogP contribution in [-0.4, -0.2) is 0 Å². The molecule has 0 atom stereocenters. The summed E-state index contributed by atoms with van der Waals surface area (Å²) in [6.07, 6.45) is 1.45. The van der Waals surface area contributed by atoms with Crippen molar-refractivity contribution >= 4 is 29.3 Å². The van der Waals surface area contributed by atoms with E-state index in [4.69, 9.17) is 38.5 Å². The number of rotatable bonds is 4. The van der Waals surface area contributed by atoms with Crippen LogP contribution in [0.2, 0.25) is 10.0 Å². The van der Waals surface area contributed by atoms with Crippen molar-refractivity contribution in [2.45, 2.75) is 6.61 Å². The van der Waals surface area contributed by atoms with Crippen molar-refractivity contribution in [1.82, 2.24) is 0 Å². The van der Waals surface area contributed by atoms with Gasteiger partial charge in [0.15, 0.2) is 0 Å². The number of nitriles is 2. The zero-order chi connectivity index (χ0) is 15.9. The zero-order valence-electron chi connectivity index (χ0n) is 11.4. The molecule has 108 valence electrons. The lowest BCUT2D eigenvalue weighted by Gasteiger charge is -2.10. The van der Waals surface area contributed by atoms with Gasteiger partial charge < -0.3 is 4.74 Å². The van der Waals surface area contributed by atoms with Gasteiger partial charge in [-0.05, 0) is 42.0 Å². The van der Waals surface area contributed by atoms with Crippen molar-refractivity contribution < 1.29 is 4.74 Å². The first-order valence-electron chi connectivity index (χ1n) is 6.31. The molecule has 0 bridgehead atoms. The van der Waals surface area contributed by atoms with E-state index in [9.17, 15) is 0 Å². The van der Waals surface area contributed by atoms with E-state index in [0.29, 0.717) is 28.0 Å². The molecule has 0 spiro atoms. The monoisotopic (exact) mass is 328 g/mol. The molecule has 0 amide bonds. The second-order valence-electron chi connectivity index (χ2n) is 4.38. The van der Waals surface area contributed by atoms with Crippen LogP contribution in [0.15, 0.2) is 48.0 Å².